The molecule has 0 amide bonds. The number of allylic oxidation sites excluding steroid dienone is 3. The van der Waals surface area contributed by atoms with Gasteiger partial charge in [0, 0.05) is 0 Å². The molecule has 0 spiro atoms. The lowest BCUT2D eigenvalue weighted by Crippen LogP contribution is -2.13. The zero-order valence-corrected chi connectivity index (χ0v) is 11.1. The van der Waals surface area contributed by atoms with E-state index in [0.717, 1.165) is 12.8 Å². The van der Waals surface area contributed by atoms with E-state index >= 15 is 0 Å². The van der Waals surface area contributed by atoms with Gasteiger partial charge in [0.05, 0.1) is 12.2 Å². The third kappa shape index (κ3) is 4.50. The van der Waals surface area contributed by atoms with Crippen LogP contribution in [0.4, 0.5) is 0 Å². The summed E-state index contributed by atoms with van der Waals surface area (Å²) in [5, 5.41) is 0. The molecule has 1 aliphatic rings. The van der Waals surface area contributed by atoms with Crippen molar-refractivity contribution in [2.45, 2.75) is 66.0 Å². The summed E-state index contributed by atoms with van der Waals surface area (Å²) in [6.07, 6.45) is 6.80. The maximum atomic E-state index is 5.66. The van der Waals surface area contributed by atoms with Crippen LogP contribution in [0, 0.1) is 0 Å². The Kier molecular flexibility index (Phi) is 5.23. The van der Waals surface area contributed by atoms with Crippen LogP contribution in [0.3, 0.4) is 0 Å². The molecule has 2 nitrogen and oxygen atoms in total. The average Bonchev–Trinajstić information content (AvgIpc) is 2.44. The predicted octanol–water partition coefficient (Wildman–Crippen LogP) is 3.83. The molecular formula is C14H24O2. The van der Waals surface area contributed by atoms with Crippen LogP contribution in [0.25, 0.3) is 0 Å². The predicted molar refractivity (Wildman–Crippen MR) is 67.3 cm³/mol. The molecular weight excluding hydrogens is 200 g/mol. The first-order valence-corrected chi connectivity index (χ1v) is 6.10. The van der Waals surface area contributed by atoms with Crippen LogP contribution in [-0.4, -0.2) is 18.5 Å². The average molecular weight is 224 g/mol. The Morgan fingerprint density at radius 2 is 1.62 bits per heavy atom. The van der Waals surface area contributed by atoms with Gasteiger partial charge in [0.2, 0.25) is 0 Å². The van der Waals surface area contributed by atoms with Crippen molar-refractivity contribution in [2.75, 3.05) is 0 Å². The molecule has 0 aliphatic carbocycles. The molecule has 92 valence electrons. The molecule has 0 unspecified atom stereocenters. The number of hydrogen-bond acceptors (Lipinski definition) is 2. The summed E-state index contributed by atoms with van der Waals surface area (Å²) in [6.45, 7) is 10.5. The van der Waals surface area contributed by atoms with Gasteiger partial charge < -0.3 is 9.47 Å². The lowest BCUT2D eigenvalue weighted by atomic mass is 10.1. The van der Waals surface area contributed by atoms with Gasteiger partial charge in [-0.2, -0.15) is 0 Å². The molecule has 2 atom stereocenters. The van der Waals surface area contributed by atoms with Gasteiger partial charge in [0.1, 0.15) is 0 Å². The van der Waals surface area contributed by atoms with Crippen molar-refractivity contribution in [1.29, 1.82) is 0 Å². The molecule has 1 fully saturated rings. The second-order valence-corrected chi connectivity index (χ2v) is 4.88. The van der Waals surface area contributed by atoms with E-state index in [4.69, 9.17) is 9.47 Å². The molecule has 0 radical (unpaired) electrons. The topological polar surface area (TPSA) is 18.5 Å². The van der Waals surface area contributed by atoms with Crippen molar-refractivity contribution in [3.63, 3.8) is 0 Å². The van der Waals surface area contributed by atoms with Crippen LogP contribution < -0.4 is 0 Å². The van der Waals surface area contributed by atoms with Crippen LogP contribution in [-0.2, 0) is 9.47 Å². The fraction of sp³-hybridized carbons (Fsp3) is 0.714. The minimum absolute atomic E-state index is 0.142. The van der Waals surface area contributed by atoms with Gasteiger partial charge >= 0.3 is 0 Å². The fourth-order valence-corrected chi connectivity index (χ4v) is 1.66. The summed E-state index contributed by atoms with van der Waals surface area (Å²) in [6, 6.07) is 0. The van der Waals surface area contributed by atoms with E-state index in [1.54, 1.807) is 0 Å². The van der Waals surface area contributed by atoms with Gasteiger partial charge in [-0.25, -0.2) is 0 Å². The molecule has 0 N–H and O–H groups in total. The lowest BCUT2D eigenvalue weighted by molar-refractivity contribution is -0.0249. The van der Waals surface area contributed by atoms with Crippen LogP contribution >= 0.6 is 0 Å². The number of ether oxygens (including phenoxy) is 2. The van der Waals surface area contributed by atoms with Gasteiger partial charge in [-0.05, 0) is 53.5 Å². The molecule has 0 bridgehead atoms. The zero-order chi connectivity index (χ0) is 12.1. The Labute approximate surface area is 99.3 Å². The van der Waals surface area contributed by atoms with Crippen molar-refractivity contribution in [2.24, 2.45) is 0 Å². The first-order chi connectivity index (χ1) is 7.49. The Morgan fingerprint density at radius 3 is 2.12 bits per heavy atom. The SMILES string of the molecule is CC(C)=CCC/C(C)=C/C1O[C@@H](C)[C@H](C)O1. The van der Waals surface area contributed by atoms with E-state index in [9.17, 15) is 0 Å². The molecule has 1 heterocycles. The molecule has 0 saturated carbocycles. The first-order valence-electron chi connectivity index (χ1n) is 6.10. The Hall–Kier alpha value is -0.600. The van der Waals surface area contributed by atoms with Crippen LogP contribution in [0.2, 0.25) is 0 Å². The Balaban J connectivity index is 2.36. The molecule has 0 aromatic rings. The summed E-state index contributed by atoms with van der Waals surface area (Å²) in [5.41, 5.74) is 2.72. The van der Waals surface area contributed by atoms with Crippen molar-refractivity contribution in [3.05, 3.63) is 23.3 Å². The monoisotopic (exact) mass is 224 g/mol. The third-order valence-corrected chi connectivity index (χ3v) is 2.87. The van der Waals surface area contributed by atoms with Gasteiger partial charge in [0.25, 0.3) is 0 Å². The van der Waals surface area contributed by atoms with Gasteiger partial charge in [0.15, 0.2) is 6.29 Å². The van der Waals surface area contributed by atoms with Gasteiger partial charge in [-0.1, -0.05) is 17.2 Å². The number of rotatable bonds is 4. The maximum absolute atomic E-state index is 5.66. The quantitative estimate of drug-likeness (QED) is 0.676. The van der Waals surface area contributed by atoms with Crippen LogP contribution in [0.5, 0.6) is 0 Å². The molecule has 2 heteroatoms. The standard InChI is InChI=1S/C14H24O2/c1-10(2)7-6-8-11(3)9-14-15-12(4)13(5)16-14/h7,9,12-14H,6,8H2,1-5H3/b11-9+/t12-,13-/m0/s1. The highest BCUT2D eigenvalue weighted by atomic mass is 16.7. The van der Waals surface area contributed by atoms with Gasteiger partial charge in [-0.3, -0.25) is 0 Å². The van der Waals surface area contributed by atoms with Crippen molar-refractivity contribution in [3.8, 4) is 0 Å². The minimum atomic E-state index is -0.142. The third-order valence-electron chi connectivity index (χ3n) is 2.87. The highest BCUT2D eigenvalue weighted by molar-refractivity contribution is 5.04. The van der Waals surface area contributed by atoms with Crippen molar-refractivity contribution < 1.29 is 9.47 Å². The van der Waals surface area contributed by atoms with Gasteiger partial charge in [-0.15, -0.1) is 0 Å². The lowest BCUT2D eigenvalue weighted by Gasteiger charge is -2.06. The second-order valence-electron chi connectivity index (χ2n) is 4.88. The molecule has 16 heavy (non-hydrogen) atoms. The van der Waals surface area contributed by atoms with Crippen LogP contribution in [0.1, 0.15) is 47.5 Å². The molecule has 1 rings (SSSR count). The van der Waals surface area contributed by atoms with Crippen LogP contribution in [0.15, 0.2) is 23.3 Å². The molecule has 1 saturated heterocycles. The number of hydrogen-bond donors (Lipinski definition) is 0. The summed E-state index contributed by atoms with van der Waals surface area (Å²) in [5.74, 6) is 0. The fourth-order valence-electron chi connectivity index (χ4n) is 1.66. The summed E-state index contributed by atoms with van der Waals surface area (Å²) in [4.78, 5) is 0. The minimum Gasteiger partial charge on any atom is -0.343 e. The van der Waals surface area contributed by atoms with E-state index in [1.165, 1.54) is 11.1 Å². The zero-order valence-electron chi connectivity index (χ0n) is 11.1. The first kappa shape index (κ1) is 13.5. The van der Waals surface area contributed by atoms with E-state index in [2.05, 4.69) is 46.8 Å². The highest BCUT2D eigenvalue weighted by Gasteiger charge is 2.27. The highest BCUT2D eigenvalue weighted by Crippen LogP contribution is 2.21. The van der Waals surface area contributed by atoms with E-state index < -0.39 is 0 Å². The van der Waals surface area contributed by atoms with E-state index in [0.29, 0.717) is 0 Å². The molecule has 0 aromatic heterocycles. The summed E-state index contributed by atoms with van der Waals surface area (Å²) in [7, 11) is 0. The largest absolute Gasteiger partial charge is 0.343 e. The molecule has 0 aromatic carbocycles. The maximum Gasteiger partial charge on any atom is 0.177 e. The summed E-state index contributed by atoms with van der Waals surface area (Å²) < 4.78 is 11.3. The molecule has 1 aliphatic heterocycles. The summed E-state index contributed by atoms with van der Waals surface area (Å²) >= 11 is 0. The Bertz CT molecular complexity index is 264. The van der Waals surface area contributed by atoms with Crippen molar-refractivity contribution in [1.82, 2.24) is 0 Å². The van der Waals surface area contributed by atoms with E-state index in [1.807, 2.05) is 0 Å². The Morgan fingerprint density at radius 1 is 1.06 bits per heavy atom. The van der Waals surface area contributed by atoms with Crippen molar-refractivity contribution >= 4 is 0 Å². The smallest absolute Gasteiger partial charge is 0.177 e. The second kappa shape index (κ2) is 6.21. The van der Waals surface area contributed by atoms with E-state index in [-0.39, 0.29) is 18.5 Å². The normalized spacial score (nSPS) is 27.2.